The van der Waals surface area contributed by atoms with Gasteiger partial charge in [-0.1, -0.05) is 13.8 Å². The first kappa shape index (κ1) is 7.14. The van der Waals surface area contributed by atoms with Crippen LogP contribution in [0.3, 0.4) is 0 Å². The average molecular weight is 154 g/mol. The van der Waals surface area contributed by atoms with Gasteiger partial charge in [-0.15, -0.1) is 0 Å². The van der Waals surface area contributed by atoms with Gasteiger partial charge in [0, 0.05) is 0 Å². The van der Waals surface area contributed by atoms with Crippen LogP contribution in [0.15, 0.2) is 0 Å². The van der Waals surface area contributed by atoms with Crippen LogP contribution in [0.5, 0.6) is 0 Å². The fourth-order valence-electron chi connectivity index (χ4n) is 3.12. The maximum Gasteiger partial charge on any atom is 0.306 e. The second-order valence-electron chi connectivity index (χ2n) is 4.76. The van der Waals surface area contributed by atoms with Gasteiger partial charge in [0.1, 0.15) is 0 Å². The summed E-state index contributed by atoms with van der Waals surface area (Å²) in [4.78, 5) is 10.7. The fourth-order valence-corrected chi connectivity index (χ4v) is 3.12. The van der Waals surface area contributed by atoms with Crippen LogP contribution in [-0.2, 0) is 4.79 Å². The van der Waals surface area contributed by atoms with E-state index in [1.54, 1.807) is 0 Å². The van der Waals surface area contributed by atoms with Crippen molar-refractivity contribution in [3.05, 3.63) is 0 Å². The van der Waals surface area contributed by atoms with E-state index < -0.39 is 5.97 Å². The maximum absolute atomic E-state index is 10.7. The predicted molar refractivity (Wildman–Crippen MR) is 41.2 cm³/mol. The Labute approximate surface area is 66.6 Å². The largest absolute Gasteiger partial charge is 0.481 e. The molecule has 0 amide bonds. The lowest BCUT2D eigenvalue weighted by atomic mass is 9.33. The van der Waals surface area contributed by atoms with Gasteiger partial charge < -0.3 is 5.11 Å². The summed E-state index contributed by atoms with van der Waals surface area (Å²) in [7, 11) is 0. The molecular weight excluding hydrogens is 140 g/mol. The van der Waals surface area contributed by atoms with Crippen molar-refractivity contribution in [2.24, 2.45) is 16.7 Å². The molecule has 0 aliphatic heterocycles. The van der Waals surface area contributed by atoms with Crippen molar-refractivity contribution in [2.45, 2.75) is 33.1 Å². The van der Waals surface area contributed by atoms with Crippen LogP contribution in [0, 0.1) is 16.7 Å². The molecule has 1 unspecified atom stereocenters. The van der Waals surface area contributed by atoms with E-state index in [4.69, 9.17) is 5.11 Å². The van der Waals surface area contributed by atoms with Gasteiger partial charge in [0.05, 0.1) is 5.92 Å². The molecule has 0 aromatic heterocycles. The summed E-state index contributed by atoms with van der Waals surface area (Å²) in [5.74, 6) is -0.740. The summed E-state index contributed by atoms with van der Waals surface area (Å²) < 4.78 is 0. The molecule has 1 atom stereocenters. The highest BCUT2D eigenvalue weighted by molar-refractivity contribution is 5.71. The van der Waals surface area contributed by atoms with E-state index in [2.05, 4.69) is 6.92 Å². The zero-order valence-electron chi connectivity index (χ0n) is 7.05. The van der Waals surface area contributed by atoms with Crippen LogP contribution in [0.25, 0.3) is 0 Å². The van der Waals surface area contributed by atoms with Crippen LogP contribution in [0.1, 0.15) is 33.1 Å². The molecule has 0 saturated heterocycles. The Bertz CT molecular complexity index is 200. The lowest BCUT2D eigenvalue weighted by Crippen LogP contribution is -2.64. The van der Waals surface area contributed by atoms with Gasteiger partial charge in [0.25, 0.3) is 0 Å². The lowest BCUT2D eigenvalue weighted by Gasteiger charge is -2.71. The third kappa shape index (κ3) is 0.700. The van der Waals surface area contributed by atoms with E-state index in [1.807, 2.05) is 6.92 Å². The predicted octanol–water partition coefficient (Wildman–Crippen LogP) is 1.90. The van der Waals surface area contributed by atoms with Crippen molar-refractivity contribution >= 4 is 5.97 Å². The molecule has 3 aliphatic carbocycles. The Morgan fingerprint density at radius 2 is 1.91 bits per heavy atom. The Morgan fingerprint density at radius 1 is 1.45 bits per heavy atom. The van der Waals surface area contributed by atoms with Crippen molar-refractivity contribution in [1.29, 1.82) is 0 Å². The van der Waals surface area contributed by atoms with Gasteiger partial charge in [0.15, 0.2) is 0 Å². The van der Waals surface area contributed by atoms with Crippen LogP contribution < -0.4 is 0 Å². The molecular formula is C9H14O2. The molecule has 2 nitrogen and oxygen atoms in total. The molecule has 0 heterocycles. The summed E-state index contributed by atoms with van der Waals surface area (Å²) in [5.41, 5.74) is 0.740. The Hall–Kier alpha value is -0.530. The maximum atomic E-state index is 10.7. The SMILES string of the molecule is CC(C(=O)O)C12CC(C)(C1)C2. The molecule has 3 saturated carbocycles. The van der Waals surface area contributed by atoms with Crippen LogP contribution in [0.4, 0.5) is 0 Å². The number of carboxylic acids is 1. The van der Waals surface area contributed by atoms with Crippen molar-refractivity contribution < 1.29 is 9.90 Å². The van der Waals surface area contributed by atoms with Crippen molar-refractivity contribution in [1.82, 2.24) is 0 Å². The van der Waals surface area contributed by atoms with E-state index in [0.717, 1.165) is 19.3 Å². The van der Waals surface area contributed by atoms with Gasteiger partial charge in [-0.25, -0.2) is 0 Å². The first-order valence-corrected chi connectivity index (χ1v) is 4.20. The quantitative estimate of drug-likeness (QED) is 0.659. The van der Waals surface area contributed by atoms with Crippen molar-refractivity contribution in [2.75, 3.05) is 0 Å². The topological polar surface area (TPSA) is 37.3 Å². The first-order valence-electron chi connectivity index (χ1n) is 4.20. The van der Waals surface area contributed by atoms with Crippen molar-refractivity contribution in [3.63, 3.8) is 0 Å². The van der Waals surface area contributed by atoms with Gasteiger partial charge in [-0.3, -0.25) is 4.79 Å². The monoisotopic (exact) mass is 154 g/mol. The molecule has 11 heavy (non-hydrogen) atoms. The summed E-state index contributed by atoms with van der Waals surface area (Å²) in [6.07, 6.45) is 3.44. The summed E-state index contributed by atoms with van der Waals surface area (Å²) in [5, 5.41) is 8.79. The molecule has 0 aromatic rings. The minimum absolute atomic E-state index is 0.121. The van der Waals surface area contributed by atoms with Gasteiger partial charge in [-0.05, 0) is 30.1 Å². The zero-order chi connectivity index (χ0) is 8.28. The zero-order valence-corrected chi connectivity index (χ0v) is 7.05. The lowest BCUT2D eigenvalue weighted by molar-refractivity contribution is -0.225. The molecule has 2 heteroatoms. The van der Waals surface area contributed by atoms with Crippen molar-refractivity contribution in [3.8, 4) is 0 Å². The molecule has 0 aromatic carbocycles. The third-order valence-corrected chi connectivity index (χ3v) is 3.63. The number of carboxylic acid groups (broad SMARTS) is 1. The van der Waals surface area contributed by atoms with E-state index >= 15 is 0 Å². The molecule has 3 aliphatic rings. The van der Waals surface area contributed by atoms with E-state index in [-0.39, 0.29) is 11.3 Å². The van der Waals surface area contributed by atoms with E-state index in [1.165, 1.54) is 0 Å². The highest BCUT2D eigenvalue weighted by Crippen LogP contribution is 2.75. The van der Waals surface area contributed by atoms with Crippen LogP contribution >= 0.6 is 0 Å². The number of carbonyl (C=O) groups is 1. The standard InChI is InChI=1S/C9H14O2/c1-6(7(10)11)9-3-8(2,4-9)5-9/h6H,3-5H2,1-2H3,(H,10,11). The summed E-state index contributed by atoms with van der Waals surface area (Å²) in [6.45, 7) is 4.10. The number of aliphatic carboxylic acids is 1. The Balaban J connectivity index is 2.04. The molecule has 2 bridgehead atoms. The summed E-state index contributed by atoms with van der Waals surface area (Å²) >= 11 is 0. The third-order valence-electron chi connectivity index (χ3n) is 3.63. The Morgan fingerprint density at radius 3 is 2.18 bits per heavy atom. The molecule has 0 radical (unpaired) electrons. The highest BCUT2D eigenvalue weighted by Gasteiger charge is 2.68. The second kappa shape index (κ2) is 1.62. The van der Waals surface area contributed by atoms with E-state index in [0.29, 0.717) is 5.41 Å². The average Bonchev–Trinajstić information content (AvgIpc) is 1.77. The second-order valence-corrected chi connectivity index (χ2v) is 4.76. The smallest absolute Gasteiger partial charge is 0.306 e. The normalized spacial score (nSPS) is 48.9. The summed E-state index contributed by atoms with van der Waals surface area (Å²) in [6, 6.07) is 0. The van der Waals surface area contributed by atoms with Crippen LogP contribution in [-0.4, -0.2) is 11.1 Å². The molecule has 0 spiro atoms. The van der Waals surface area contributed by atoms with Crippen LogP contribution in [0.2, 0.25) is 0 Å². The first-order chi connectivity index (χ1) is 4.98. The number of hydrogen-bond donors (Lipinski definition) is 1. The van der Waals surface area contributed by atoms with E-state index in [9.17, 15) is 4.79 Å². The van der Waals surface area contributed by atoms with Gasteiger partial charge in [-0.2, -0.15) is 0 Å². The minimum Gasteiger partial charge on any atom is -0.481 e. The number of rotatable bonds is 2. The molecule has 1 N–H and O–H groups in total. The van der Waals surface area contributed by atoms with Gasteiger partial charge in [0.2, 0.25) is 0 Å². The Kier molecular flexibility index (Phi) is 1.05. The molecule has 3 rings (SSSR count). The van der Waals surface area contributed by atoms with Gasteiger partial charge >= 0.3 is 5.97 Å². The molecule has 3 fully saturated rings. The fraction of sp³-hybridized carbons (Fsp3) is 0.889. The minimum atomic E-state index is -0.619. The highest BCUT2D eigenvalue weighted by atomic mass is 16.4. The number of hydrogen-bond acceptors (Lipinski definition) is 1. The molecule has 62 valence electrons.